The molecule has 0 radical (unpaired) electrons. The van der Waals surface area contributed by atoms with Crippen LogP contribution in [0.4, 0.5) is 5.69 Å². The van der Waals surface area contributed by atoms with Crippen LogP contribution >= 0.6 is 0 Å². The van der Waals surface area contributed by atoms with Gasteiger partial charge >= 0.3 is 0 Å². The molecule has 9 heteroatoms. The molecule has 1 atom stereocenters. The lowest BCUT2D eigenvalue weighted by Crippen LogP contribution is -2.48. The van der Waals surface area contributed by atoms with E-state index in [9.17, 15) is 13.7 Å². The Morgan fingerprint density at radius 1 is 1.28 bits per heavy atom. The maximum atomic E-state index is 12.8. The molecule has 0 saturated heterocycles. The van der Waals surface area contributed by atoms with Crippen LogP contribution in [0.25, 0.3) is 0 Å². The van der Waals surface area contributed by atoms with Crippen molar-refractivity contribution in [3.05, 3.63) is 72.1 Å². The zero-order chi connectivity index (χ0) is 20.4. The first-order valence-electron chi connectivity index (χ1n) is 9.12. The molecule has 0 bridgehead atoms. The quantitative estimate of drug-likeness (QED) is 0.688. The number of sulfonamides is 1. The lowest BCUT2D eigenvalue weighted by Gasteiger charge is -2.36. The second-order valence-electron chi connectivity index (χ2n) is 7.04. The van der Waals surface area contributed by atoms with Gasteiger partial charge < -0.3 is 9.47 Å². The summed E-state index contributed by atoms with van der Waals surface area (Å²) < 4.78 is 30.3. The van der Waals surface area contributed by atoms with E-state index in [1.165, 1.54) is 18.5 Å². The molecule has 1 N–H and O–H groups in total. The molecule has 0 aliphatic carbocycles. The molecule has 148 valence electrons. The Kier molecular flexibility index (Phi) is 5.05. The lowest BCUT2D eigenvalue weighted by atomic mass is 9.96. The van der Waals surface area contributed by atoms with Crippen molar-refractivity contribution in [1.82, 2.24) is 19.3 Å². The van der Waals surface area contributed by atoms with Crippen LogP contribution in [0, 0.1) is 11.3 Å². The van der Waals surface area contributed by atoms with Gasteiger partial charge in [0.1, 0.15) is 4.90 Å². The van der Waals surface area contributed by atoms with Crippen LogP contribution < -0.4 is 9.62 Å². The number of aromatic nitrogens is 3. The molecule has 1 aliphatic heterocycles. The van der Waals surface area contributed by atoms with Gasteiger partial charge in [-0.25, -0.2) is 18.1 Å². The molecular formula is C20H20N6O2S. The molecule has 8 nitrogen and oxygen atoms in total. The van der Waals surface area contributed by atoms with Gasteiger partial charge in [-0.05, 0) is 42.3 Å². The molecule has 0 fully saturated rings. The van der Waals surface area contributed by atoms with Gasteiger partial charge in [-0.15, -0.1) is 0 Å². The Morgan fingerprint density at radius 3 is 2.83 bits per heavy atom. The SMILES string of the molecule is Cn1cncc1CN1CC(NS(=O)(=O)c2cccnc2)Cc2cc(C#N)ccc21. The van der Waals surface area contributed by atoms with Crippen LogP contribution in [-0.2, 0) is 30.0 Å². The molecule has 29 heavy (non-hydrogen) atoms. The molecule has 1 aromatic carbocycles. The third-order valence-corrected chi connectivity index (χ3v) is 6.50. The number of hydrogen-bond acceptors (Lipinski definition) is 6. The van der Waals surface area contributed by atoms with Gasteiger partial charge in [0.15, 0.2) is 0 Å². The Hall–Kier alpha value is -3.22. The number of nitrogens with one attached hydrogen (secondary N) is 1. The molecule has 0 saturated carbocycles. The number of pyridine rings is 1. The minimum Gasteiger partial charge on any atom is -0.364 e. The highest BCUT2D eigenvalue weighted by molar-refractivity contribution is 7.89. The lowest BCUT2D eigenvalue weighted by molar-refractivity contribution is 0.522. The van der Waals surface area contributed by atoms with E-state index < -0.39 is 10.0 Å². The minimum absolute atomic E-state index is 0.134. The number of imidazole rings is 1. The predicted molar refractivity (Wildman–Crippen MR) is 107 cm³/mol. The second kappa shape index (κ2) is 7.66. The summed E-state index contributed by atoms with van der Waals surface area (Å²) in [6.45, 7) is 1.09. The summed E-state index contributed by atoms with van der Waals surface area (Å²) in [6.07, 6.45) is 6.91. The number of aryl methyl sites for hydroxylation is 1. The Labute approximate surface area is 169 Å². The molecule has 1 unspecified atom stereocenters. The number of benzene rings is 1. The fourth-order valence-corrected chi connectivity index (χ4v) is 4.77. The molecule has 3 heterocycles. The summed E-state index contributed by atoms with van der Waals surface area (Å²) in [4.78, 5) is 10.3. The maximum absolute atomic E-state index is 12.8. The van der Waals surface area contributed by atoms with Crippen molar-refractivity contribution in [1.29, 1.82) is 5.26 Å². The van der Waals surface area contributed by atoms with E-state index in [1.54, 1.807) is 24.7 Å². The summed E-state index contributed by atoms with van der Waals surface area (Å²) in [5.74, 6) is 0. The predicted octanol–water partition coefficient (Wildman–Crippen LogP) is 1.60. The van der Waals surface area contributed by atoms with Gasteiger partial charge in [-0.3, -0.25) is 4.98 Å². The van der Waals surface area contributed by atoms with Crippen LogP contribution in [-0.4, -0.2) is 35.5 Å². The molecule has 0 spiro atoms. The van der Waals surface area contributed by atoms with Crippen LogP contribution in [0.1, 0.15) is 16.8 Å². The van der Waals surface area contributed by atoms with Crippen molar-refractivity contribution >= 4 is 15.7 Å². The highest BCUT2D eigenvalue weighted by Crippen LogP contribution is 2.30. The monoisotopic (exact) mass is 408 g/mol. The second-order valence-corrected chi connectivity index (χ2v) is 8.76. The van der Waals surface area contributed by atoms with Gasteiger partial charge in [0.05, 0.1) is 30.2 Å². The average Bonchev–Trinajstić information content (AvgIpc) is 3.12. The highest BCUT2D eigenvalue weighted by Gasteiger charge is 2.29. The van der Waals surface area contributed by atoms with Crippen molar-refractivity contribution in [2.75, 3.05) is 11.4 Å². The number of nitrogens with zero attached hydrogens (tertiary/aromatic N) is 5. The normalized spacial score (nSPS) is 16.3. The number of hydrogen-bond donors (Lipinski definition) is 1. The molecule has 1 aliphatic rings. The Balaban J connectivity index is 1.65. The van der Waals surface area contributed by atoms with Crippen LogP contribution in [0.2, 0.25) is 0 Å². The fraction of sp³-hybridized carbons (Fsp3) is 0.250. The number of anilines is 1. The van der Waals surface area contributed by atoms with Crippen molar-refractivity contribution in [2.45, 2.75) is 23.9 Å². The van der Waals surface area contributed by atoms with E-state index in [2.05, 4.69) is 25.7 Å². The molecule has 3 aromatic rings. The zero-order valence-electron chi connectivity index (χ0n) is 15.9. The summed E-state index contributed by atoms with van der Waals surface area (Å²) in [5, 5.41) is 9.26. The van der Waals surface area contributed by atoms with E-state index in [1.807, 2.05) is 23.7 Å². The largest absolute Gasteiger partial charge is 0.364 e. The van der Waals surface area contributed by atoms with E-state index in [0.717, 1.165) is 16.9 Å². The van der Waals surface area contributed by atoms with Crippen molar-refractivity contribution in [3.8, 4) is 6.07 Å². The van der Waals surface area contributed by atoms with Gasteiger partial charge in [-0.1, -0.05) is 0 Å². The Bertz CT molecular complexity index is 1170. The van der Waals surface area contributed by atoms with Gasteiger partial charge in [0, 0.05) is 43.9 Å². The molecule has 4 rings (SSSR count). The number of rotatable bonds is 5. The van der Waals surface area contributed by atoms with Crippen LogP contribution in [0.15, 0.2) is 60.1 Å². The van der Waals surface area contributed by atoms with Gasteiger partial charge in [0.2, 0.25) is 10.0 Å². The van der Waals surface area contributed by atoms with Crippen molar-refractivity contribution in [3.63, 3.8) is 0 Å². The van der Waals surface area contributed by atoms with E-state index in [0.29, 0.717) is 25.1 Å². The first-order valence-corrected chi connectivity index (χ1v) is 10.6. The summed E-state index contributed by atoms with van der Waals surface area (Å²) in [7, 11) is -1.77. The number of nitriles is 1. The van der Waals surface area contributed by atoms with Crippen LogP contribution in [0.5, 0.6) is 0 Å². The average molecular weight is 408 g/mol. The topological polar surface area (TPSA) is 104 Å². The first-order chi connectivity index (χ1) is 14.0. The summed E-state index contributed by atoms with van der Waals surface area (Å²) in [6, 6.07) is 10.5. The minimum atomic E-state index is -3.69. The first kappa shape index (κ1) is 19.1. The molecular weight excluding hydrogens is 388 g/mol. The third-order valence-electron chi connectivity index (χ3n) is 4.99. The molecule has 2 aromatic heterocycles. The maximum Gasteiger partial charge on any atom is 0.242 e. The summed E-state index contributed by atoms with van der Waals surface area (Å²) in [5.41, 5.74) is 3.51. The third kappa shape index (κ3) is 3.99. The number of fused-ring (bicyclic) bond motifs is 1. The van der Waals surface area contributed by atoms with E-state index in [4.69, 9.17) is 0 Å². The van der Waals surface area contributed by atoms with Gasteiger partial charge in [0.25, 0.3) is 0 Å². The zero-order valence-corrected chi connectivity index (χ0v) is 16.7. The van der Waals surface area contributed by atoms with E-state index in [-0.39, 0.29) is 10.9 Å². The van der Waals surface area contributed by atoms with Gasteiger partial charge in [-0.2, -0.15) is 5.26 Å². The Morgan fingerprint density at radius 2 is 2.14 bits per heavy atom. The summed E-state index contributed by atoms with van der Waals surface area (Å²) >= 11 is 0. The highest BCUT2D eigenvalue weighted by atomic mass is 32.2. The van der Waals surface area contributed by atoms with Crippen LogP contribution in [0.3, 0.4) is 0 Å². The van der Waals surface area contributed by atoms with Crippen molar-refractivity contribution < 1.29 is 8.42 Å². The fourth-order valence-electron chi connectivity index (χ4n) is 3.58. The van der Waals surface area contributed by atoms with Crippen molar-refractivity contribution in [2.24, 2.45) is 7.05 Å². The standard InChI is InChI=1S/C20H20N6O2S/c1-25-14-23-10-18(25)13-26-12-17(8-16-7-15(9-21)4-5-20(16)26)24-29(27,28)19-3-2-6-22-11-19/h2-7,10-11,14,17,24H,8,12-13H2,1H3. The van der Waals surface area contributed by atoms with E-state index >= 15 is 0 Å². The smallest absolute Gasteiger partial charge is 0.242 e. The molecule has 0 amide bonds.